The molecule has 1 unspecified atom stereocenters. The Balaban J connectivity index is 2.60. The summed E-state index contributed by atoms with van der Waals surface area (Å²) in [5, 5.41) is 12.3. The summed E-state index contributed by atoms with van der Waals surface area (Å²) in [6, 6.07) is 3.75. The molecule has 0 radical (unpaired) electrons. The minimum Gasteiger partial charge on any atom is -0.480 e. The molecule has 0 bridgehead atoms. The first kappa shape index (κ1) is 12.6. The number of rotatable bonds is 6. The van der Waals surface area contributed by atoms with E-state index < -0.39 is 11.5 Å². The molecule has 0 aliphatic rings. The van der Waals surface area contributed by atoms with Gasteiger partial charge < -0.3 is 5.11 Å². The normalized spacial score (nSPS) is 14.4. The van der Waals surface area contributed by atoms with Gasteiger partial charge in [-0.1, -0.05) is 13.3 Å². The van der Waals surface area contributed by atoms with E-state index >= 15 is 0 Å². The second-order valence-corrected chi connectivity index (χ2v) is 4.10. The van der Waals surface area contributed by atoms with Crippen molar-refractivity contribution in [3.8, 4) is 0 Å². The fourth-order valence-corrected chi connectivity index (χ4v) is 1.57. The molecular weight excluding hydrogens is 204 g/mol. The van der Waals surface area contributed by atoms with Crippen molar-refractivity contribution in [2.45, 2.75) is 38.8 Å². The van der Waals surface area contributed by atoms with Crippen LogP contribution >= 0.6 is 0 Å². The standard InChI is InChI=1S/C12H18N2O2/c1-3-6-12(2,11(15)16)14-9-10-4-7-13-8-5-10/h4-5,7-8,14H,3,6,9H2,1-2H3,(H,15,16). The second-order valence-electron chi connectivity index (χ2n) is 4.10. The van der Waals surface area contributed by atoms with Crippen LogP contribution in [0.2, 0.25) is 0 Å². The lowest BCUT2D eigenvalue weighted by Gasteiger charge is -2.25. The van der Waals surface area contributed by atoms with Crippen molar-refractivity contribution in [2.75, 3.05) is 0 Å². The van der Waals surface area contributed by atoms with Gasteiger partial charge in [-0.25, -0.2) is 0 Å². The fourth-order valence-electron chi connectivity index (χ4n) is 1.57. The van der Waals surface area contributed by atoms with E-state index in [0.29, 0.717) is 13.0 Å². The Morgan fingerprint density at radius 3 is 2.62 bits per heavy atom. The first-order valence-electron chi connectivity index (χ1n) is 5.46. The molecule has 0 spiro atoms. The maximum Gasteiger partial charge on any atom is 0.323 e. The van der Waals surface area contributed by atoms with Crippen molar-refractivity contribution in [2.24, 2.45) is 0 Å². The molecule has 1 heterocycles. The highest BCUT2D eigenvalue weighted by Gasteiger charge is 2.31. The van der Waals surface area contributed by atoms with E-state index in [1.807, 2.05) is 19.1 Å². The monoisotopic (exact) mass is 222 g/mol. The lowest BCUT2D eigenvalue weighted by atomic mass is 9.96. The Morgan fingerprint density at radius 1 is 1.50 bits per heavy atom. The topological polar surface area (TPSA) is 62.2 Å². The largest absolute Gasteiger partial charge is 0.480 e. The number of nitrogens with zero attached hydrogens (tertiary/aromatic N) is 1. The highest BCUT2D eigenvalue weighted by atomic mass is 16.4. The van der Waals surface area contributed by atoms with Gasteiger partial charge in [-0.15, -0.1) is 0 Å². The molecule has 4 nitrogen and oxygen atoms in total. The SMILES string of the molecule is CCCC(C)(NCc1ccncc1)C(=O)O. The Hall–Kier alpha value is -1.42. The van der Waals surface area contributed by atoms with E-state index in [0.717, 1.165) is 12.0 Å². The number of carboxylic acids is 1. The lowest BCUT2D eigenvalue weighted by molar-refractivity contribution is -0.144. The molecule has 2 N–H and O–H groups in total. The first-order chi connectivity index (χ1) is 7.58. The highest BCUT2D eigenvalue weighted by molar-refractivity contribution is 5.78. The van der Waals surface area contributed by atoms with Crippen molar-refractivity contribution in [3.05, 3.63) is 30.1 Å². The predicted octanol–water partition coefficient (Wildman–Crippen LogP) is 1.81. The number of carbonyl (C=O) groups is 1. The molecule has 0 saturated carbocycles. The quantitative estimate of drug-likeness (QED) is 0.770. The Kier molecular flexibility index (Phi) is 4.43. The molecule has 4 heteroatoms. The van der Waals surface area contributed by atoms with Crippen molar-refractivity contribution < 1.29 is 9.90 Å². The molecular formula is C12H18N2O2. The summed E-state index contributed by atoms with van der Waals surface area (Å²) in [7, 11) is 0. The van der Waals surface area contributed by atoms with Crippen LogP contribution in [-0.4, -0.2) is 21.6 Å². The molecule has 0 fully saturated rings. The summed E-state index contributed by atoms with van der Waals surface area (Å²) in [4.78, 5) is 15.1. The van der Waals surface area contributed by atoms with Crippen LogP contribution in [0.3, 0.4) is 0 Å². The summed E-state index contributed by atoms with van der Waals surface area (Å²) in [6.45, 7) is 4.25. The zero-order valence-electron chi connectivity index (χ0n) is 9.73. The van der Waals surface area contributed by atoms with Crippen LogP contribution in [0.4, 0.5) is 0 Å². The average molecular weight is 222 g/mol. The van der Waals surface area contributed by atoms with Gasteiger partial charge in [-0.05, 0) is 31.0 Å². The van der Waals surface area contributed by atoms with Crippen molar-refractivity contribution in [1.29, 1.82) is 0 Å². The molecule has 0 aliphatic heterocycles. The van der Waals surface area contributed by atoms with Gasteiger partial charge in [0, 0.05) is 18.9 Å². The van der Waals surface area contributed by atoms with Gasteiger partial charge in [0.15, 0.2) is 0 Å². The Bertz CT molecular complexity index is 340. The van der Waals surface area contributed by atoms with Gasteiger partial charge in [-0.3, -0.25) is 15.1 Å². The zero-order chi connectivity index (χ0) is 12.0. The molecule has 1 aromatic rings. The Morgan fingerprint density at radius 2 is 2.12 bits per heavy atom. The van der Waals surface area contributed by atoms with Gasteiger partial charge in [0.2, 0.25) is 0 Å². The molecule has 1 aromatic heterocycles. The molecule has 0 saturated heterocycles. The van der Waals surface area contributed by atoms with Crippen LogP contribution in [0.15, 0.2) is 24.5 Å². The molecule has 0 aromatic carbocycles. The third kappa shape index (κ3) is 3.31. The van der Waals surface area contributed by atoms with E-state index in [9.17, 15) is 4.79 Å². The number of aliphatic carboxylic acids is 1. The van der Waals surface area contributed by atoms with Crippen LogP contribution < -0.4 is 5.32 Å². The fraction of sp³-hybridized carbons (Fsp3) is 0.500. The maximum atomic E-state index is 11.2. The van der Waals surface area contributed by atoms with Crippen LogP contribution in [0.1, 0.15) is 32.3 Å². The van der Waals surface area contributed by atoms with Crippen molar-refractivity contribution in [1.82, 2.24) is 10.3 Å². The summed E-state index contributed by atoms with van der Waals surface area (Å²) >= 11 is 0. The summed E-state index contributed by atoms with van der Waals surface area (Å²) < 4.78 is 0. The minimum absolute atomic E-state index is 0.547. The van der Waals surface area contributed by atoms with Crippen molar-refractivity contribution >= 4 is 5.97 Å². The first-order valence-corrected chi connectivity index (χ1v) is 5.46. The third-order valence-corrected chi connectivity index (χ3v) is 2.65. The van der Waals surface area contributed by atoms with Crippen molar-refractivity contribution in [3.63, 3.8) is 0 Å². The summed E-state index contributed by atoms with van der Waals surface area (Å²) in [5.74, 6) is -0.802. The van der Waals surface area contributed by atoms with Gasteiger partial charge in [-0.2, -0.15) is 0 Å². The second kappa shape index (κ2) is 5.61. The van der Waals surface area contributed by atoms with Crippen LogP contribution in [0.25, 0.3) is 0 Å². The number of hydrogen-bond donors (Lipinski definition) is 2. The molecule has 0 aliphatic carbocycles. The van der Waals surface area contributed by atoms with E-state index in [4.69, 9.17) is 5.11 Å². The molecule has 0 amide bonds. The number of carboxylic acid groups (broad SMARTS) is 1. The van der Waals surface area contributed by atoms with E-state index in [1.54, 1.807) is 19.3 Å². The number of hydrogen-bond acceptors (Lipinski definition) is 3. The van der Waals surface area contributed by atoms with Crippen LogP contribution in [0, 0.1) is 0 Å². The maximum absolute atomic E-state index is 11.2. The van der Waals surface area contributed by atoms with Gasteiger partial charge in [0.05, 0.1) is 0 Å². The number of aromatic nitrogens is 1. The average Bonchev–Trinajstić information content (AvgIpc) is 2.28. The number of nitrogens with one attached hydrogen (secondary N) is 1. The smallest absolute Gasteiger partial charge is 0.323 e. The Labute approximate surface area is 95.7 Å². The number of pyridine rings is 1. The van der Waals surface area contributed by atoms with E-state index in [-0.39, 0.29) is 0 Å². The third-order valence-electron chi connectivity index (χ3n) is 2.65. The molecule has 1 atom stereocenters. The van der Waals surface area contributed by atoms with E-state index in [2.05, 4.69) is 10.3 Å². The van der Waals surface area contributed by atoms with Crippen LogP contribution in [0.5, 0.6) is 0 Å². The molecule has 1 rings (SSSR count). The lowest BCUT2D eigenvalue weighted by Crippen LogP contribution is -2.48. The highest BCUT2D eigenvalue weighted by Crippen LogP contribution is 2.13. The predicted molar refractivity (Wildman–Crippen MR) is 62.0 cm³/mol. The van der Waals surface area contributed by atoms with E-state index in [1.165, 1.54) is 0 Å². The molecule has 88 valence electrons. The minimum atomic E-state index is -0.849. The van der Waals surface area contributed by atoms with Crippen LogP contribution in [-0.2, 0) is 11.3 Å². The van der Waals surface area contributed by atoms with Gasteiger partial charge in [0.25, 0.3) is 0 Å². The molecule has 16 heavy (non-hydrogen) atoms. The summed E-state index contributed by atoms with van der Waals surface area (Å²) in [6.07, 6.45) is 4.86. The summed E-state index contributed by atoms with van der Waals surface area (Å²) in [5.41, 5.74) is 0.191. The van der Waals surface area contributed by atoms with Gasteiger partial charge >= 0.3 is 5.97 Å². The van der Waals surface area contributed by atoms with Gasteiger partial charge in [0.1, 0.15) is 5.54 Å². The zero-order valence-corrected chi connectivity index (χ0v) is 9.73.